The number of halogens is 1. The Morgan fingerprint density at radius 2 is 1.53 bits per heavy atom. The number of hydrogen-bond donors (Lipinski definition) is 2. The molecule has 0 aliphatic carbocycles. The molecule has 0 bridgehead atoms. The van der Waals surface area contributed by atoms with Crippen LogP contribution in [0.25, 0.3) is 0 Å². The van der Waals surface area contributed by atoms with Crippen LogP contribution in [0.2, 0.25) is 6.32 Å². The maximum atomic E-state index is 12.2. The third kappa shape index (κ3) is 6.64. The zero-order valence-electron chi connectivity index (χ0n) is 12.2. The van der Waals surface area contributed by atoms with Crippen molar-refractivity contribution < 1.29 is 14.6 Å². The lowest BCUT2D eigenvalue weighted by Crippen LogP contribution is -2.44. The summed E-state index contributed by atoms with van der Waals surface area (Å²) in [6.07, 6.45) is 2.74. The second-order valence-corrected chi connectivity index (χ2v) is 5.54. The molecule has 0 fully saturated rings. The average Bonchev–Trinajstić information content (AvgIpc) is 2.27. The second kappa shape index (κ2) is 6.96. The van der Waals surface area contributed by atoms with Crippen molar-refractivity contribution in [3.8, 4) is 0 Å². The van der Waals surface area contributed by atoms with E-state index in [0.717, 1.165) is 5.56 Å². The first kappa shape index (κ1) is 18.0. The van der Waals surface area contributed by atoms with Crippen LogP contribution in [0, 0.1) is 6.08 Å². The van der Waals surface area contributed by atoms with E-state index in [-0.39, 0.29) is 5.92 Å². The molecule has 2 radical (unpaired) electrons. The monoisotopic (exact) mass is 268 g/mol. The van der Waals surface area contributed by atoms with Crippen LogP contribution in [0.4, 0.5) is 4.39 Å². The topological polar surface area (TPSA) is 66.2 Å². The molecule has 1 aromatic heterocycles. The first-order chi connectivity index (χ1) is 8.49. The van der Waals surface area contributed by atoms with E-state index < -0.39 is 17.3 Å². The lowest BCUT2D eigenvalue weighted by Gasteiger charge is -2.31. The molecule has 0 saturated carbocycles. The lowest BCUT2D eigenvalue weighted by atomic mass is 9.89. The number of aromatic nitrogens is 2. The van der Waals surface area contributed by atoms with Crippen LogP contribution >= 0.6 is 0 Å². The third-order valence-electron chi connectivity index (χ3n) is 3.06. The Hall–Kier alpha value is -1.01. The summed E-state index contributed by atoms with van der Waals surface area (Å²) in [6.45, 7) is 8.25. The molecule has 1 rings (SSSR count). The standard InChI is InChI=1S/C7H8BFN2.C6H14O2/c1-5(2-8)6-3-10-7(9)11-4-6;1-5(2,7)6(3,4)8/h3-5H,2H2,1H3;7-8H,1-4H3. The van der Waals surface area contributed by atoms with E-state index in [1.165, 1.54) is 12.4 Å². The summed E-state index contributed by atoms with van der Waals surface area (Å²) < 4.78 is 12.2. The molecule has 0 aliphatic rings. The Bertz CT molecular complexity index is 360. The highest BCUT2D eigenvalue weighted by Crippen LogP contribution is 2.19. The van der Waals surface area contributed by atoms with Gasteiger partial charge in [-0.1, -0.05) is 13.2 Å². The Morgan fingerprint density at radius 3 is 1.79 bits per heavy atom. The molecule has 1 heterocycles. The summed E-state index contributed by atoms with van der Waals surface area (Å²) in [7, 11) is 5.39. The van der Waals surface area contributed by atoms with Crippen molar-refractivity contribution in [3.63, 3.8) is 0 Å². The lowest BCUT2D eigenvalue weighted by molar-refractivity contribution is -0.107. The smallest absolute Gasteiger partial charge is 0.308 e. The van der Waals surface area contributed by atoms with Gasteiger partial charge >= 0.3 is 6.08 Å². The van der Waals surface area contributed by atoms with Crippen molar-refractivity contribution in [2.75, 3.05) is 0 Å². The molecule has 1 aromatic rings. The Kier molecular flexibility index (Phi) is 6.59. The Balaban J connectivity index is 0.000000362. The summed E-state index contributed by atoms with van der Waals surface area (Å²) in [6, 6.07) is 0. The normalized spacial score (nSPS) is 13.5. The summed E-state index contributed by atoms with van der Waals surface area (Å²) >= 11 is 0. The van der Waals surface area contributed by atoms with Crippen LogP contribution < -0.4 is 0 Å². The SMILES string of the molecule is CC(C)(O)C(C)(C)O.[B]CC(C)c1cnc(F)nc1. The summed E-state index contributed by atoms with van der Waals surface area (Å²) in [5.41, 5.74) is -1.14. The van der Waals surface area contributed by atoms with Gasteiger partial charge in [-0.05, 0) is 39.2 Å². The molecule has 0 spiro atoms. The van der Waals surface area contributed by atoms with Crippen LogP contribution in [0.15, 0.2) is 12.4 Å². The highest BCUT2D eigenvalue weighted by Gasteiger charge is 2.31. The van der Waals surface area contributed by atoms with Gasteiger partial charge in [0.1, 0.15) is 0 Å². The van der Waals surface area contributed by atoms with Crippen LogP contribution in [-0.2, 0) is 0 Å². The zero-order chi connectivity index (χ0) is 15.3. The van der Waals surface area contributed by atoms with Crippen molar-refractivity contribution in [2.24, 2.45) is 0 Å². The molecule has 2 N–H and O–H groups in total. The average molecular weight is 268 g/mol. The summed E-state index contributed by atoms with van der Waals surface area (Å²) in [5, 5.41) is 18.2. The van der Waals surface area contributed by atoms with E-state index in [9.17, 15) is 4.39 Å². The first-order valence-electron chi connectivity index (χ1n) is 6.11. The van der Waals surface area contributed by atoms with Crippen LogP contribution in [0.1, 0.15) is 46.1 Å². The molecular weight excluding hydrogens is 246 g/mol. The molecule has 1 atom stereocenters. The summed E-state index contributed by atoms with van der Waals surface area (Å²) in [5.74, 6) is 0.190. The van der Waals surface area contributed by atoms with Gasteiger partial charge in [0.15, 0.2) is 0 Å². The molecule has 6 heteroatoms. The molecular formula is C13H22BFN2O2. The highest BCUT2D eigenvalue weighted by molar-refractivity contribution is 6.09. The van der Waals surface area contributed by atoms with E-state index >= 15 is 0 Å². The van der Waals surface area contributed by atoms with Gasteiger partial charge in [0.2, 0.25) is 0 Å². The van der Waals surface area contributed by atoms with Gasteiger partial charge < -0.3 is 10.2 Å². The quantitative estimate of drug-likeness (QED) is 0.648. The van der Waals surface area contributed by atoms with Crippen LogP contribution in [0.5, 0.6) is 0 Å². The molecule has 0 aliphatic heterocycles. The predicted molar refractivity (Wildman–Crippen MR) is 73.6 cm³/mol. The fourth-order valence-electron chi connectivity index (χ4n) is 0.713. The molecule has 4 nitrogen and oxygen atoms in total. The maximum Gasteiger partial charge on any atom is 0.308 e. The molecule has 106 valence electrons. The number of hydrogen-bond acceptors (Lipinski definition) is 4. The Labute approximate surface area is 115 Å². The first-order valence-corrected chi connectivity index (χ1v) is 6.11. The highest BCUT2D eigenvalue weighted by atomic mass is 19.1. The van der Waals surface area contributed by atoms with E-state index in [1.807, 2.05) is 6.92 Å². The fraction of sp³-hybridized carbons (Fsp3) is 0.692. The Morgan fingerprint density at radius 1 is 1.16 bits per heavy atom. The van der Waals surface area contributed by atoms with Gasteiger partial charge in [-0.25, -0.2) is 9.97 Å². The van der Waals surface area contributed by atoms with E-state index in [1.54, 1.807) is 27.7 Å². The zero-order valence-corrected chi connectivity index (χ0v) is 12.2. The molecule has 0 aromatic carbocycles. The van der Waals surface area contributed by atoms with Crippen LogP contribution in [0.3, 0.4) is 0 Å². The van der Waals surface area contributed by atoms with Gasteiger partial charge in [0, 0.05) is 12.4 Å². The van der Waals surface area contributed by atoms with Gasteiger partial charge in [-0.15, -0.1) is 0 Å². The van der Waals surface area contributed by atoms with Crippen molar-refractivity contribution in [3.05, 3.63) is 24.0 Å². The third-order valence-corrected chi connectivity index (χ3v) is 3.06. The van der Waals surface area contributed by atoms with Crippen molar-refractivity contribution >= 4 is 7.85 Å². The number of rotatable bonds is 3. The predicted octanol–water partition coefficient (Wildman–Crippen LogP) is 1.83. The van der Waals surface area contributed by atoms with E-state index in [2.05, 4.69) is 9.97 Å². The molecule has 0 saturated heterocycles. The minimum absolute atomic E-state index is 0.190. The van der Waals surface area contributed by atoms with Crippen molar-refractivity contribution in [1.82, 2.24) is 9.97 Å². The second-order valence-electron chi connectivity index (χ2n) is 5.54. The molecule has 0 amide bonds. The number of nitrogens with zero attached hydrogens (tertiary/aromatic N) is 2. The van der Waals surface area contributed by atoms with Crippen molar-refractivity contribution in [1.29, 1.82) is 0 Å². The summed E-state index contributed by atoms with van der Waals surface area (Å²) in [4.78, 5) is 6.83. The van der Waals surface area contributed by atoms with Crippen LogP contribution in [-0.4, -0.2) is 39.2 Å². The molecule has 19 heavy (non-hydrogen) atoms. The maximum absolute atomic E-state index is 12.2. The minimum atomic E-state index is -1.01. The minimum Gasteiger partial charge on any atom is -0.387 e. The number of aliphatic hydroxyl groups is 2. The largest absolute Gasteiger partial charge is 0.387 e. The van der Waals surface area contributed by atoms with E-state index in [0.29, 0.717) is 6.32 Å². The van der Waals surface area contributed by atoms with E-state index in [4.69, 9.17) is 18.1 Å². The van der Waals surface area contributed by atoms with Crippen molar-refractivity contribution in [2.45, 2.75) is 58.1 Å². The van der Waals surface area contributed by atoms with Gasteiger partial charge in [-0.2, -0.15) is 4.39 Å². The van der Waals surface area contributed by atoms with Gasteiger partial charge in [0.25, 0.3) is 0 Å². The van der Waals surface area contributed by atoms with Gasteiger partial charge in [0.05, 0.1) is 19.0 Å². The van der Waals surface area contributed by atoms with Gasteiger partial charge in [-0.3, -0.25) is 0 Å². The fourth-order valence-corrected chi connectivity index (χ4v) is 0.713. The molecule has 1 unspecified atom stereocenters.